The van der Waals surface area contributed by atoms with Gasteiger partial charge in [-0.25, -0.2) is 4.98 Å². The third kappa shape index (κ3) is 3.16. The van der Waals surface area contributed by atoms with Crippen LogP contribution < -0.4 is 0 Å². The first-order valence-electron chi connectivity index (χ1n) is 7.69. The van der Waals surface area contributed by atoms with E-state index in [1.165, 1.54) is 18.2 Å². The zero-order valence-corrected chi connectivity index (χ0v) is 13.8. The van der Waals surface area contributed by atoms with Gasteiger partial charge in [0.15, 0.2) is 5.82 Å². The van der Waals surface area contributed by atoms with Crippen LogP contribution in [-0.4, -0.2) is 19.6 Å². The van der Waals surface area contributed by atoms with E-state index in [4.69, 9.17) is 0 Å². The van der Waals surface area contributed by atoms with Crippen LogP contribution in [-0.2, 0) is 7.05 Å². The van der Waals surface area contributed by atoms with Crippen molar-refractivity contribution in [2.45, 2.75) is 0 Å². The molecule has 1 N–H and O–H groups in total. The average molecular weight is 346 g/mol. The van der Waals surface area contributed by atoms with Crippen molar-refractivity contribution in [3.05, 3.63) is 81.9 Å². The van der Waals surface area contributed by atoms with Gasteiger partial charge in [-0.05, 0) is 35.9 Å². The van der Waals surface area contributed by atoms with Crippen molar-refractivity contribution in [3.8, 4) is 6.07 Å². The van der Waals surface area contributed by atoms with Crippen molar-refractivity contribution in [2.75, 3.05) is 0 Å². The molecule has 1 heterocycles. The molecular formula is C19H14N4O3. The van der Waals surface area contributed by atoms with Gasteiger partial charge in [-0.3, -0.25) is 10.1 Å². The van der Waals surface area contributed by atoms with E-state index in [1.807, 2.05) is 30.3 Å². The van der Waals surface area contributed by atoms with E-state index < -0.39 is 4.92 Å². The molecule has 0 amide bonds. The van der Waals surface area contributed by atoms with Crippen LogP contribution in [0.1, 0.15) is 11.4 Å². The zero-order chi connectivity index (χ0) is 18.7. The molecule has 1 aromatic heterocycles. The number of hydrogen-bond acceptors (Lipinski definition) is 5. The number of imidazole rings is 1. The van der Waals surface area contributed by atoms with Gasteiger partial charge in [0.25, 0.3) is 5.69 Å². The van der Waals surface area contributed by atoms with Crippen molar-refractivity contribution in [1.29, 1.82) is 5.26 Å². The minimum absolute atomic E-state index is 0.0145. The molecule has 0 fully saturated rings. The summed E-state index contributed by atoms with van der Waals surface area (Å²) in [6, 6.07) is 15.3. The number of nitro groups is 1. The Hall–Kier alpha value is -3.92. The number of nitrogens with zero attached hydrogens (tertiary/aromatic N) is 4. The first-order chi connectivity index (χ1) is 12.5. The lowest BCUT2D eigenvalue weighted by atomic mass is 10.1. The average Bonchev–Trinajstić information content (AvgIpc) is 2.98. The molecule has 0 aliphatic rings. The molecule has 3 aromatic rings. The fraction of sp³-hybridized carbons (Fsp3) is 0.0526. The number of benzene rings is 2. The van der Waals surface area contributed by atoms with Gasteiger partial charge in [0.2, 0.25) is 0 Å². The summed E-state index contributed by atoms with van der Waals surface area (Å²) < 4.78 is 1.74. The topological polar surface area (TPSA) is 105 Å². The second kappa shape index (κ2) is 6.91. The molecule has 0 radical (unpaired) electrons. The SMILES string of the molecule is Cn1c(C(C#N)=C(O)C=Cc2ccc([N+](=O)[O-])cc2)nc2ccccc21. The Bertz CT molecular complexity index is 1090. The van der Waals surface area contributed by atoms with Gasteiger partial charge in [-0.1, -0.05) is 18.2 Å². The van der Waals surface area contributed by atoms with Gasteiger partial charge in [0, 0.05) is 19.2 Å². The van der Waals surface area contributed by atoms with Crippen LogP contribution in [0.25, 0.3) is 22.7 Å². The Kier molecular flexibility index (Phi) is 4.50. The van der Waals surface area contributed by atoms with E-state index in [2.05, 4.69) is 4.98 Å². The van der Waals surface area contributed by atoms with Gasteiger partial charge >= 0.3 is 0 Å². The number of nitro benzene ring substituents is 1. The maximum absolute atomic E-state index is 10.7. The summed E-state index contributed by atoms with van der Waals surface area (Å²) in [5.41, 5.74) is 2.26. The van der Waals surface area contributed by atoms with E-state index in [9.17, 15) is 20.5 Å². The largest absolute Gasteiger partial charge is 0.506 e. The minimum atomic E-state index is -0.482. The fourth-order valence-electron chi connectivity index (χ4n) is 2.56. The third-order valence-corrected chi connectivity index (χ3v) is 3.92. The van der Waals surface area contributed by atoms with Crippen molar-refractivity contribution < 1.29 is 10.0 Å². The number of fused-ring (bicyclic) bond motifs is 1. The molecule has 3 rings (SSSR count). The molecule has 0 atom stereocenters. The molecule has 0 aliphatic heterocycles. The van der Waals surface area contributed by atoms with Crippen molar-refractivity contribution in [2.24, 2.45) is 7.05 Å². The van der Waals surface area contributed by atoms with Crippen LogP contribution in [0, 0.1) is 21.4 Å². The molecule has 26 heavy (non-hydrogen) atoms. The molecule has 7 heteroatoms. The highest BCUT2D eigenvalue weighted by Gasteiger charge is 2.15. The summed E-state index contributed by atoms with van der Waals surface area (Å²) in [7, 11) is 1.77. The van der Waals surface area contributed by atoms with Gasteiger partial charge in [-0.2, -0.15) is 5.26 Å². The molecule has 0 saturated heterocycles. The quantitative estimate of drug-likeness (QED) is 0.253. The van der Waals surface area contributed by atoms with Gasteiger partial charge < -0.3 is 9.67 Å². The molecule has 2 aromatic carbocycles. The zero-order valence-electron chi connectivity index (χ0n) is 13.8. The number of non-ortho nitro benzene ring substituents is 1. The van der Waals surface area contributed by atoms with Crippen LogP contribution >= 0.6 is 0 Å². The van der Waals surface area contributed by atoms with Crippen molar-refractivity contribution in [1.82, 2.24) is 9.55 Å². The van der Waals surface area contributed by atoms with Crippen LogP contribution in [0.2, 0.25) is 0 Å². The second-order valence-electron chi connectivity index (χ2n) is 5.54. The Labute approximate surface area is 148 Å². The summed E-state index contributed by atoms with van der Waals surface area (Å²) in [5.74, 6) is 0.129. The van der Waals surface area contributed by atoms with Crippen LogP contribution in [0.3, 0.4) is 0 Å². The molecule has 0 aliphatic carbocycles. The summed E-state index contributed by atoms with van der Waals surface area (Å²) in [6.45, 7) is 0. The van der Waals surface area contributed by atoms with Crippen LogP contribution in [0.15, 0.2) is 60.4 Å². The number of para-hydroxylation sites is 2. The predicted molar refractivity (Wildman–Crippen MR) is 98.0 cm³/mol. The molecule has 128 valence electrons. The summed E-state index contributed by atoms with van der Waals surface area (Å²) >= 11 is 0. The highest BCUT2D eigenvalue weighted by molar-refractivity contribution is 5.84. The van der Waals surface area contributed by atoms with Gasteiger partial charge in [0.1, 0.15) is 17.4 Å². The Morgan fingerprint density at radius 3 is 2.58 bits per heavy atom. The number of aliphatic hydroxyl groups is 1. The van der Waals surface area contributed by atoms with E-state index in [0.29, 0.717) is 11.4 Å². The third-order valence-electron chi connectivity index (χ3n) is 3.92. The van der Waals surface area contributed by atoms with E-state index in [0.717, 1.165) is 11.0 Å². The smallest absolute Gasteiger partial charge is 0.269 e. The number of rotatable bonds is 4. The van der Waals surface area contributed by atoms with Crippen molar-refractivity contribution >= 4 is 28.4 Å². The number of hydrogen-bond donors (Lipinski definition) is 1. The number of nitriles is 1. The molecule has 0 unspecified atom stereocenters. The predicted octanol–water partition coefficient (Wildman–Crippen LogP) is 3.99. The minimum Gasteiger partial charge on any atom is -0.506 e. The lowest BCUT2D eigenvalue weighted by Gasteiger charge is -2.02. The molecule has 0 bridgehead atoms. The number of aryl methyl sites for hydroxylation is 1. The highest BCUT2D eigenvalue weighted by Crippen LogP contribution is 2.22. The maximum atomic E-state index is 10.7. The first kappa shape index (κ1) is 16.9. The summed E-state index contributed by atoms with van der Waals surface area (Å²) in [4.78, 5) is 14.6. The second-order valence-corrected chi connectivity index (χ2v) is 5.54. The van der Waals surface area contributed by atoms with Crippen molar-refractivity contribution in [3.63, 3.8) is 0 Å². The molecule has 0 saturated carbocycles. The van der Waals surface area contributed by atoms with Crippen LogP contribution in [0.4, 0.5) is 5.69 Å². The molecular weight excluding hydrogens is 332 g/mol. The van der Waals surface area contributed by atoms with Gasteiger partial charge in [-0.15, -0.1) is 0 Å². The Morgan fingerprint density at radius 2 is 1.96 bits per heavy atom. The Morgan fingerprint density at radius 1 is 1.27 bits per heavy atom. The van der Waals surface area contributed by atoms with Gasteiger partial charge in [0.05, 0.1) is 16.0 Å². The normalized spacial score (nSPS) is 12.2. The highest BCUT2D eigenvalue weighted by atomic mass is 16.6. The van der Waals surface area contributed by atoms with E-state index in [-0.39, 0.29) is 17.0 Å². The Balaban J connectivity index is 1.96. The fourth-order valence-corrected chi connectivity index (χ4v) is 2.56. The standard InChI is InChI=1S/C19H14N4O3/c1-22-17-5-3-2-4-16(17)21-19(22)15(12-20)18(24)11-8-13-6-9-14(10-7-13)23(25)26/h2-11,24H,1H3. The summed E-state index contributed by atoms with van der Waals surface area (Å²) in [5, 5.41) is 30.5. The maximum Gasteiger partial charge on any atom is 0.269 e. The van der Waals surface area contributed by atoms with Crippen LogP contribution in [0.5, 0.6) is 0 Å². The van der Waals surface area contributed by atoms with E-state index in [1.54, 1.807) is 29.8 Å². The van der Waals surface area contributed by atoms with E-state index >= 15 is 0 Å². The first-order valence-corrected chi connectivity index (χ1v) is 7.69. The molecule has 0 spiro atoms. The number of aliphatic hydroxyl groups excluding tert-OH is 1. The monoisotopic (exact) mass is 346 g/mol. The lowest BCUT2D eigenvalue weighted by molar-refractivity contribution is -0.384. The number of allylic oxidation sites excluding steroid dienone is 2. The number of aromatic nitrogens is 2. The summed E-state index contributed by atoms with van der Waals surface area (Å²) in [6.07, 6.45) is 2.94. The lowest BCUT2D eigenvalue weighted by Crippen LogP contribution is -1.98. The molecule has 7 nitrogen and oxygen atoms in total.